The van der Waals surface area contributed by atoms with Crippen LogP contribution in [0, 0.1) is 18.3 Å². The van der Waals surface area contributed by atoms with Crippen molar-refractivity contribution in [2.75, 3.05) is 10.6 Å². The number of urea groups is 1. The molecule has 1 heterocycles. The van der Waals surface area contributed by atoms with Gasteiger partial charge < -0.3 is 10.6 Å². The van der Waals surface area contributed by atoms with E-state index in [-0.39, 0.29) is 10.6 Å². The number of nitrogens with one attached hydrogen (secondary N) is 3. The molecule has 0 atom stereocenters. The maximum Gasteiger partial charge on any atom is 0.333 e. The number of nitriles is 1. The number of carbonyl (C=O) groups excluding carboxylic acids is 1. The highest BCUT2D eigenvalue weighted by Crippen LogP contribution is 2.35. The number of fused-ring (bicyclic) bond motifs is 1. The summed E-state index contributed by atoms with van der Waals surface area (Å²) in [6.45, 7) is 5.53. The summed E-state index contributed by atoms with van der Waals surface area (Å²) < 4.78 is 28.2. The number of benzene rings is 3. The lowest BCUT2D eigenvalue weighted by atomic mass is 9.86. The number of nitrogens with zero attached hydrogens (tertiary/aromatic N) is 2. The zero-order valence-electron chi connectivity index (χ0n) is 20.3. The van der Waals surface area contributed by atoms with Gasteiger partial charge in [-0.25, -0.2) is 17.9 Å². The van der Waals surface area contributed by atoms with Crippen LogP contribution in [-0.4, -0.2) is 19.4 Å². The molecule has 0 saturated heterocycles. The standard InChI is InChI=1S/C27H24BrN5O3S/c1-17-4-11-21(12-5-17)37(35,36)33-26(34)32-24-15-30-23-13-8-19(28)14-22(23)25(24)31-20-9-6-18(7-10-20)27(2,3)16-29/h4-15H,1-3H3,(H,30,31)(H2,32,33,34). The van der Waals surface area contributed by atoms with Gasteiger partial charge in [0.25, 0.3) is 10.0 Å². The Labute approximate surface area is 223 Å². The lowest BCUT2D eigenvalue weighted by Crippen LogP contribution is -2.34. The molecule has 0 aliphatic heterocycles. The van der Waals surface area contributed by atoms with Crippen molar-refractivity contribution in [3.8, 4) is 6.07 Å². The summed E-state index contributed by atoms with van der Waals surface area (Å²) in [5.41, 5.74) is 3.32. The van der Waals surface area contributed by atoms with E-state index < -0.39 is 21.5 Å². The number of aromatic nitrogens is 1. The van der Waals surface area contributed by atoms with Gasteiger partial charge in [-0.1, -0.05) is 45.8 Å². The molecule has 4 rings (SSSR count). The molecule has 3 N–H and O–H groups in total. The number of halogens is 1. The fourth-order valence-electron chi connectivity index (χ4n) is 3.62. The van der Waals surface area contributed by atoms with E-state index >= 15 is 0 Å². The van der Waals surface area contributed by atoms with Crippen LogP contribution in [0.2, 0.25) is 0 Å². The van der Waals surface area contributed by atoms with Gasteiger partial charge in [0, 0.05) is 15.5 Å². The number of hydrogen-bond donors (Lipinski definition) is 3. The zero-order valence-corrected chi connectivity index (χ0v) is 22.7. The molecule has 3 aromatic carbocycles. The van der Waals surface area contributed by atoms with Crippen molar-refractivity contribution in [2.24, 2.45) is 0 Å². The summed E-state index contributed by atoms with van der Waals surface area (Å²) in [7, 11) is -4.08. The SMILES string of the molecule is Cc1ccc(S(=O)(=O)NC(=O)Nc2cnc3ccc(Br)cc3c2Nc2ccc(C(C)(C)C#N)cc2)cc1. The highest BCUT2D eigenvalue weighted by atomic mass is 79.9. The van der Waals surface area contributed by atoms with Crippen LogP contribution in [0.5, 0.6) is 0 Å². The van der Waals surface area contributed by atoms with Gasteiger partial charge in [0.1, 0.15) is 0 Å². The van der Waals surface area contributed by atoms with Gasteiger partial charge in [-0.15, -0.1) is 0 Å². The van der Waals surface area contributed by atoms with Crippen LogP contribution in [-0.2, 0) is 15.4 Å². The minimum Gasteiger partial charge on any atom is -0.353 e. The molecule has 2 amide bonds. The Morgan fingerprint density at radius 3 is 2.35 bits per heavy atom. The summed E-state index contributed by atoms with van der Waals surface area (Å²) in [6.07, 6.45) is 1.46. The van der Waals surface area contributed by atoms with E-state index in [1.807, 2.05) is 68.0 Å². The number of sulfonamides is 1. The average Bonchev–Trinajstić information content (AvgIpc) is 2.85. The Bertz CT molecular complexity index is 1630. The number of pyridine rings is 1. The molecule has 8 nitrogen and oxygen atoms in total. The second kappa shape index (κ2) is 10.2. The molecule has 4 aromatic rings. The number of aryl methyl sites for hydroxylation is 1. The van der Waals surface area contributed by atoms with E-state index in [1.54, 1.807) is 12.1 Å². The largest absolute Gasteiger partial charge is 0.353 e. The van der Waals surface area contributed by atoms with Gasteiger partial charge in [0.05, 0.1) is 39.5 Å². The highest BCUT2D eigenvalue weighted by molar-refractivity contribution is 9.10. The van der Waals surface area contributed by atoms with Gasteiger partial charge in [0.15, 0.2) is 0 Å². The van der Waals surface area contributed by atoms with E-state index in [2.05, 4.69) is 37.6 Å². The summed E-state index contributed by atoms with van der Waals surface area (Å²) in [6, 6.07) is 20.5. The molecule has 10 heteroatoms. The van der Waals surface area contributed by atoms with Crippen molar-refractivity contribution in [1.29, 1.82) is 5.26 Å². The van der Waals surface area contributed by atoms with E-state index in [1.165, 1.54) is 18.3 Å². The minimum absolute atomic E-state index is 0.0208. The number of hydrogen-bond acceptors (Lipinski definition) is 6. The highest BCUT2D eigenvalue weighted by Gasteiger charge is 2.21. The van der Waals surface area contributed by atoms with E-state index in [0.717, 1.165) is 15.6 Å². The first-order chi connectivity index (χ1) is 17.5. The van der Waals surface area contributed by atoms with E-state index in [0.29, 0.717) is 22.3 Å². The summed E-state index contributed by atoms with van der Waals surface area (Å²) in [5, 5.41) is 16.0. The fourth-order valence-corrected chi connectivity index (χ4v) is 4.89. The molecule has 1 aromatic heterocycles. The van der Waals surface area contributed by atoms with Gasteiger partial charge in [-0.05, 0) is 68.8 Å². The first-order valence-electron chi connectivity index (χ1n) is 11.3. The molecule has 188 valence electrons. The van der Waals surface area contributed by atoms with Crippen molar-refractivity contribution in [2.45, 2.75) is 31.1 Å². The van der Waals surface area contributed by atoms with Crippen LogP contribution in [0.15, 0.2) is 82.3 Å². The third kappa shape index (κ3) is 5.90. The van der Waals surface area contributed by atoms with E-state index in [9.17, 15) is 18.5 Å². The van der Waals surface area contributed by atoms with Crippen LogP contribution in [0.4, 0.5) is 21.9 Å². The molecule has 0 aliphatic rings. The lowest BCUT2D eigenvalue weighted by molar-refractivity contribution is 0.256. The minimum atomic E-state index is -4.08. The first kappa shape index (κ1) is 26.1. The van der Waals surface area contributed by atoms with Crippen molar-refractivity contribution in [3.05, 3.63) is 88.5 Å². The van der Waals surface area contributed by atoms with Crippen LogP contribution >= 0.6 is 15.9 Å². The van der Waals surface area contributed by atoms with Gasteiger partial charge in [0.2, 0.25) is 0 Å². The second-order valence-electron chi connectivity index (χ2n) is 9.02. The summed E-state index contributed by atoms with van der Waals surface area (Å²) >= 11 is 3.47. The lowest BCUT2D eigenvalue weighted by Gasteiger charge is -2.18. The Kier molecular flexibility index (Phi) is 7.21. The Morgan fingerprint density at radius 1 is 1.03 bits per heavy atom. The quantitative estimate of drug-likeness (QED) is 0.245. The number of amides is 2. The molecular weight excluding hydrogens is 554 g/mol. The fraction of sp³-hybridized carbons (Fsp3) is 0.148. The molecule has 0 spiro atoms. The molecule has 0 bridgehead atoms. The number of carbonyl (C=O) groups is 1. The van der Waals surface area contributed by atoms with Crippen molar-refractivity contribution in [1.82, 2.24) is 9.71 Å². The third-order valence-corrected chi connectivity index (χ3v) is 7.63. The van der Waals surface area contributed by atoms with Crippen LogP contribution in [0.3, 0.4) is 0 Å². The van der Waals surface area contributed by atoms with Crippen molar-refractivity contribution < 1.29 is 13.2 Å². The van der Waals surface area contributed by atoms with Crippen LogP contribution < -0.4 is 15.4 Å². The summed E-state index contributed by atoms with van der Waals surface area (Å²) in [5.74, 6) is 0. The van der Waals surface area contributed by atoms with Crippen molar-refractivity contribution in [3.63, 3.8) is 0 Å². The average molecular weight is 578 g/mol. The summed E-state index contributed by atoms with van der Waals surface area (Å²) in [4.78, 5) is 17.2. The molecule has 0 fully saturated rings. The second-order valence-corrected chi connectivity index (χ2v) is 11.6. The molecule has 37 heavy (non-hydrogen) atoms. The molecule has 0 saturated carbocycles. The third-order valence-electron chi connectivity index (χ3n) is 5.79. The predicted molar refractivity (Wildman–Crippen MR) is 148 cm³/mol. The molecular formula is C27H24BrN5O3S. The zero-order chi connectivity index (χ0) is 26.8. The Hall–Kier alpha value is -3.94. The normalized spacial score (nSPS) is 11.5. The number of rotatable bonds is 6. The molecule has 0 aliphatic carbocycles. The van der Waals surface area contributed by atoms with Crippen LogP contribution in [0.25, 0.3) is 10.9 Å². The monoisotopic (exact) mass is 577 g/mol. The maximum atomic E-state index is 12.8. The van der Waals surface area contributed by atoms with Crippen LogP contribution in [0.1, 0.15) is 25.0 Å². The Balaban J connectivity index is 1.66. The molecule has 0 unspecified atom stereocenters. The Morgan fingerprint density at radius 2 is 1.70 bits per heavy atom. The first-order valence-corrected chi connectivity index (χ1v) is 13.5. The molecule has 0 radical (unpaired) electrons. The van der Waals surface area contributed by atoms with E-state index in [4.69, 9.17) is 0 Å². The maximum absolute atomic E-state index is 12.8. The predicted octanol–water partition coefficient (Wildman–Crippen LogP) is 6.36. The van der Waals surface area contributed by atoms with Crippen molar-refractivity contribution >= 4 is 59.9 Å². The van der Waals surface area contributed by atoms with Gasteiger partial charge in [-0.3, -0.25) is 4.98 Å². The van der Waals surface area contributed by atoms with Gasteiger partial charge in [-0.2, -0.15) is 5.26 Å². The number of anilines is 3. The topological polar surface area (TPSA) is 124 Å². The smallest absolute Gasteiger partial charge is 0.333 e. The van der Waals surface area contributed by atoms with Gasteiger partial charge >= 0.3 is 6.03 Å².